The third-order valence-electron chi connectivity index (χ3n) is 2.33. The second kappa shape index (κ2) is 6.02. The zero-order valence-corrected chi connectivity index (χ0v) is 13.6. The standard InChI is InChI=1S/C12H9BrINO4/c1-18-5-9-10(12(16)17)19-11(15-9)7-4-6(14)2-3-8(7)13/h2-4H,5H2,1H3,(H,16,17). The molecule has 1 aromatic heterocycles. The molecular formula is C12H9BrINO4. The summed E-state index contributed by atoms with van der Waals surface area (Å²) in [5.74, 6) is -1.09. The number of aromatic nitrogens is 1. The summed E-state index contributed by atoms with van der Waals surface area (Å²) < 4.78 is 12.0. The monoisotopic (exact) mass is 437 g/mol. The van der Waals surface area contributed by atoms with Crippen molar-refractivity contribution in [1.82, 2.24) is 4.98 Å². The number of oxazole rings is 1. The van der Waals surface area contributed by atoms with Crippen molar-refractivity contribution < 1.29 is 19.1 Å². The highest BCUT2D eigenvalue weighted by Gasteiger charge is 2.21. The lowest BCUT2D eigenvalue weighted by Crippen LogP contribution is -2.00. The topological polar surface area (TPSA) is 72.6 Å². The minimum absolute atomic E-state index is 0.0900. The largest absolute Gasteiger partial charge is 0.475 e. The molecule has 0 saturated heterocycles. The molecule has 2 aromatic rings. The molecule has 5 nitrogen and oxygen atoms in total. The summed E-state index contributed by atoms with van der Waals surface area (Å²) in [5, 5.41) is 9.07. The number of nitrogens with zero attached hydrogens (tertiary/aromatic N) is 1. The third-order valence-corrected chi connectivity index (χ3v) is 3.69. The summed E-state index contributed by atoms with van der Waals surface area (Å²) >= 11 is 5.56. The van der Waals surface area contributed by atoms with Gasteiger partial charge in [0.1, 0.15) is 5.69 Å². The van der Waals surface area contributed by atoms with Gasteiger partial charge < -0.3 is 14.3 Å². The summed E-state index contributed by atoms with van der Waals surface area (Å²) in [6, 6.07) is 5.64. The van der Waals surface area contributed by atoms with E-state index in [0.717, 1.165) is 8.04 Å². The van der Waals surface area contributed by atoms with Gasteiger partial charge in [-0.05, 0) is 56.7 Å². The SMILES string of the molecule is COCc1nc(-c2cc(I)ccc2Br)oc1C(=O)O. The van der Waals surface area contributed by atoms with Crippen LogP contribution in [0, 0.1) is 3.57 Å². The van der Waals surface area contributed by atoms with E-state index in [1.807, 2.05) is 18.2 Å². The van der Waals surface area contributed by atoms with Gasteiger partial charge in [-0.25, -0.2) is 9.78 Å². The minimum atomic E-state index is -1.16. The molecule has 7 heteroatoms. The number of carbonyl (C=O) groups is 1. The lowest BCUT2D eigenvalue weighted by Gasteiger charge is -2.00. The number of rotatable bonds is 4. The molecule has 2 rings (SSSR count). The second-order valence-corrected chi connectivity index (χ2v) is 5.76. The van der Waals surface area contributed by atoms with Crippen LogP contribution in [0.4, 0.5) is 0 Å². The highest BCUT2D eigenvalue weighted by molar-refractivity contribution is 14.1. The highest BCUT2D eigenvalue weighted by atomic mass is 127. The Hall–Kier alpha value is -0.930. The Morgan fingerprint density at radius 2 is 2.32 bits per heavy atom. The number of hydrogen-bond acceptors (Lipinski definition) is 4. The summed E-state index contributed by atoms with van der Waals surface area (Å²) in [7, 11) is 1.47. The molecule has 0 saturated carbocycles. The van der Waals surface area contributed by atoms with Crippen LogP contribution in [0.1, 0.15) is 16.2 Å². The Kier molecular flexibility index (Phi) is 4.58. The second-order valence-electron chi connectivity index (χ2n) is 3.66. The van der Waals surface area contributed by atoms with E-state index in [1.54, 1.807) is 0 Å². The molecule has 0 aliphatic rings. The maximum absolute atomic E-state index is 11.1. The molecule has 0 spiro atoms. The van der Waals surface area contributed by atoms with Gasteiger partial charge in [0.25, 0.3) is 0 Å². The Bertz CT molecular complexity index is 626. The molecule has 0 fully saturated rings. The van der Waals surface area contributed by atoms with Crippen molar-refractivity contribution in [3.8, 4) is 11.5 Å². The molecule has 0 aliphatic heterocycles. The Balaban J connectivity index is 2.53. The van der Waals surface area contributed by atoms with Gasteiger partial charge in [-0.1, -0.05) is 0 Å². The van der Waals surface area contributed by atoms with Gasteiger partial charge in [0.2, 0.25) is 11.7 Å². The fourth-order valence-corrected chi connectivity index (χ4v) is 2.44. The number of methoxy groups -OCH3 is 1. The number of ether oxygens (including phenoxy) is 1. The van der Waals surface area contributed by atoms with Crippen molar-refractivity contribution in [3.63, 3.8) is 0 Å². The van der Waals surface area contributed by atoms with Gasteiger partial charge >= 0.3 is 5.97 Å². The molecule has 19 heavy (non-hydrogen) atoms. The molecule has 1 aromatic carbocycles. The molecule has 1 heterocycles. The molecule has 0 aliphatic carbocycles. The first kappa shape index (κ1) is 14.5. The van der Waals surface area contributed by atoms with Crippen LogP contribution >= 0.6 is 38.5 Å². The first-order chi connectivity index (χ1) is 9.02. The predicted octanol–water partition coefficient (Wildman–Crippen LogP) is 3.55. The van der Waals surface area contributed by atoms with Crippen LogP contribution in [-0.4, -0.2) is 23.2 Å². The van der Waals surface area contributed by atoms with Crippen LogP contribution in [0.15, 0.2) is 27.1 Å². The number of hydrogen-bond donors (Lipinski definition) is 1. The van der Waals surface area contributed by atoms with E-state index in [-0.39, 0.29) is 24.0 Å². The van der Waals surface area contributed by atoms with Gasteiger partial charge in [-0.15, -0.1) is 0 Å². The van der Waals surface area contributed by atoms with Gasteiger partial charge in [0, 0.05) is 15.2 Å². The van der Waals surface area contributed by atoms with Gasteiger partial charge in [-0.3, -0.25) is 0 Å². The van der Waals surface area contributed by atoms with E-state index >= 15 is 0 Å². The minimum Gasteiger partial charge on any atom is -0.475 e. The van der Waals surface area contributed by atoms with Gasteiger partial charge in [0.05, 0.1) is 12.2 Å². The summed E-state index contributed by atoms with van der Waals surface area (Å²) in [4.78, 5) is 15.3. The van der Waals surface area contributed by atoms with Crippen LogP contribution in [0.5, 0.6) is 0 Å². The molecule has 0 atom stereocenters. The third kappa shape index (κ3) is 3.15. The Morgan fingerprint density at radius 1 is 1.58 bits per heavy atom. The molecule has 0 amide bonds. The number of aromatic carboxylic acids is 1. The van der Waals surface area contributed by atoms with Crippen molar-refractivity contribution >= 4 is 44.5 Å². The maximum Gasteiger partial charge on any atom is 0.373 e. The van der Waals surface area contributed by atoms with Gasteiger partial charge in [-0.2, -0.15) is 0 Å². The average Bonchev–Trinajstić information content (AvgIpc) is 2.77. The molecule has 0 unspecified atom stereocenters. The van der Waals surface area contributed by atoms with Crippen LogP contribution in [0.3, 0.4) is 0 Å². The lowest BCUT2D eigenvalue weighted by atomic mass is 10.2. The summed E-state index contributed by atoms with van der Waals surface area (Å²) in [6.07, 6.45) is 0. The maximum atomic E-state index is 11.1. The van der Waals surface area contributed by atoms with Crippen LogP contribution in [0.2, 0.25) is 0 Å². The first-order valence-corrected chi connectivity index (χ1v) is 7.07. The van der Waals surface area contributed by atoms with Gasteiger partial charge in [0.15, 0.2) is 0 Å². The molecular weight excluding hydrogens is 429 g/mol. The highest BCUT2D eigenvalue weighted by Crippen LogP contribution is 2.30. The van der Waals surface area contributed by atoms with Crippen LogP contribution < -0.4 is 0 Å². The normalized spacial score (nSPS) is 10.7. The molecule has 100 valence electrons. The molecule has 0 radical (unpaired) electrons. The van der Waals surface area contributed by atoms with E-state index in [1.165, 1.54) is 7.11 Å². The summed E-state index contributed by atoms with van der Waals surface area (Å²) in [6.45, 7) is 0.0900. The van der Waals surface area contributed by atoms with Crippen molar-refractivity contribution in [1.29, 1.82) is 0 Å². The van der Waals surface area contributed by atoms with Crippen LogP contribution in [-0.2, 0) is 11.3 Å². The van der Waals surface area contributed by atoms with Crippen LogP contribution in [0.25, 0.3) is 11.5 Å². The van der Waals surface area contributed by atoms with E-state index in [4.69, 9.17) is 14.3 Å². The first-order valence-electron chi connectivity index (χ1n) is 5.20. The fourth-order valence-electron chi connectivity index (χ4n) is 1.53. The van der Waals surface area contributed by atoms with E-state index in [2.05, 4.69) is 43.5 Å². The van der Waals surface area contributed by atoms with Crippen molar-refractivity contribution in [3.05, 3.63) is 37.7 Å². The van der Waals surface area contributed by atoms with E-state index in [9.17, 15) is 4.79 Å². The Morgan fingerprint density at radius 3 is 2.95 bits per heavy atom. The Labute approximate surface area is 131 Å². The zero-order valence-electron chi connectivity index (χ0n) is 9.81. The van der Waals surface area contributed by atoms with E-state index in [0.29, 0.717) is 5.56 Å². The number of carboxylic acids is 1. The summed E-state index contributed by atoms with van der Waals surface area (Å²) in [5.41, 5.74) is 0.979. The predicted molar refractivity (Wildman–Crippen MR) is 80.0 cm³/mol. The smallest absolute Gasteiger partial charge is 0.373 e. The fraction of sp³-hybridized carbons (Fsp3) is 0.167. The lowest BCUT2D eigenvalue weighted by molar-refractivity contribution is 0.0656. The average molecular weight is 438 g/mol. The van der Waals surface area contributed by atoms with Crippen molar-refractivity contribution in [2.45, 2.75) is 6.61 Å². The zero-order chi connectivity index (χ0) is 14.0. The molecule has 1 N–H and O–H groups in total. The molecule has 0 bridgehead atoms. The van der Waals surface area contributed by atoms with Crippen molar-refractivity contribution in [2.24, 2.45) is 0 Å². The number of halogens is 2. The number of carboxylic acid groups (broad SMARTS) is 1. The quantitative estimate of drug-likeness (QED) is 0.740. The van der Waals surface area contributed by atoms with Crippen molar-refractivity contribution in [2.75, 3.05) is 7.11 Å². The number of benzene rings is 1. The van der Waals surface area contributed by atoms with E-state index < -0.39 is 5.97 Å².